The van der Waals surface area contributed by atoms with Crippen LogP contribution >= 0.6 is 0 Å². The summed E-state index contributed by atoms with van der Waals surface area (Å²) in [5, 5.41) is 47.4. The summed E-state index contributed by atoms with van der Waals surface area (Å²) in [6, 6.07) is 1.65. The van der Waals surface area contributed by atoms with E-state index >= 15 is 0 Å². The monoisotopic (exact) mass is 611 g/mol. The number of aliphatic hydroxyl groups excluding tert-OH is 2. The number of hydrogen-bond acceptors (Lipinski definition) is 13. The number of Topliss-reactive ketones (excluding diaryl/α,β-unsaturated/α-hetero) is 2. The molecule has 4 atom stereocenters. The molecule has 0 radical (unpaired) electrons. The molecule has 0 aromatic heterocycles. The lowest BCUT2D eigenvalue weighted by Crippen LogP contribution is -2.80. The number of rotatable bonds is 4. The number of hydrogen-bond donors (Lipinski definition) is 7. The van der Waals surface area contributed by atoms with Crippen LogP contribution in [0.1, 0.15) is 38.3 Å². The van der Waals surface area contributed by atoms with Gasteiger partial charge in [0.05, 0.1) is 40.0 Å². The Balaban J connectivity index is 2.07. The molecule has 0 saturated heterocycles. The van der Waals surface area contributed by atoms with Crippen LogP contribution < -0.4 is 27.4 Å². The topological polar surface area (TPSA) is 259 Å². The van der Waals surface area contributed by atoms with Crippen LogP contribution in [0, 0.1) is 16.7 Å². The Bertz CT molecular complexity index is 1630. The van der Waals surface area contributed by atoms with Gasteiger partial charge in [-0.05, 0) is 59.3 Å². The van der Waals surface area contributed by atoms with E-state index in [4.69, 9.17) is 21.9 Å². The van der Waals surface area contributed by atoms with Crippen LogP contribution in [0.2, 0.25) is 0 Å². The first-order chi connectivity index (χ1) is 20.1. The highest BCUT2D eigenvalue weighted by atomic mass is 16.6. The van der Waals surface area contributed by atoms with Gasteiger partial charge in [-0.3, -0.25) is 24.6 Å². The average Bonchev–Trinajstić information content (AvgIpc) is 2.83. The zero-order valence-electron chi connectivity index (χ0n) is 25.5. The maximum absolute atomic E-state index is 14.5. The van der Waals surface area contributed by atoms with Gasteiger partial charge in [-0.1, -0.05) is 0 Å². The number of fused-ring (bicyclic) bond motifs is 3. The van der Waals surface area contributed by atoms with E-state index in [2.05, 4.69) is 5.32 Å². The van der Waals surface area contributed by atoms with Crippen molar-refractivity contribution in [3.05, 3.63) is 34.1 Å². The van der Waals surface area contributed by atoms with Gasteiger partial charge in [-0.2, -0.15) is 5.26 Å². The van der Waals surface area contributed by atoms with Crippen LogP contribution in [0.4, 0.5) is 16.2 Å². The van der Waals surface area contributed by atoms with Crippen molar-refractivity contribution in [1.29, 1.82) is 5.26 Å². The molecule has 0 unspecified atom stereocenters. The molecule has 15 nitrogen and oxygen atoms in total. The summed E-state index contributed by atoms with van der Waals surface area (Å²) < 4.78 is 5.29. The average molecular weight is 612 g/mol. The lowest BCUT2D eigenvalue weighted by atomic mass is 9.47. The van der Waals surface area contributed by atoms with Crippen molar-refractivity contribution in [1.82, 2.24) is 4.90 Å². The third-order valence-corrected chi connectivity index (χ3v) is 8.34. The molecule has 0 bridgehead atoms. The summed E-state index contributed by atoms with van der Waals surface area (Å²) in [5.74, 6) is -6.36. The van der Waals surface area contributed by atoms with E-state index in [1.165, 1.54) is 25.1 Å². The molecule has 4 rings (SSSR count). The predicted octanol–water partition coefficient (Wildman–Crippen LogP) is 0.318. The molecule has 1 aromatic carbocycles. The normalized spacial score (nSPS) is 28.2. The van der Waals surface area contributed by atoms with Gasteiger partial charge in [-0.25, -0.2) is 4.79 Å². The first-order valence-corrected chi connectivity index (χ1v) is 13.6. The van der Waals surface area contributed by atoms with E-state index < -0.39 is 86.5 Å². The summed E-state index contributed by atoms with van der Waals surface area (Å²) in [6.07, 6.45) is -1.65. The van der Waals surface area contributed by atoms with Crippen molar-refractivity contribution < 1.29 is 39.2 Å². The molecule has 0 heterocycles. The van der Waals surface area contributed by atoms with E-state index in [-0.39, 0.29) is 23.2 Å². The van der Waals surface area contributed by atoms with E-state index in [1.807, 2.05) is 0 Å². The minimum atomic E-state index is -2.78. The number of nitrogens with one attached hydrogen (secondary N) is 1. The van der Waals surface area contributed by atoms with Gasteiger partial charge in [0.25, 0.3) is 5.91 Å². The molecule has 0 aliphatic heterocycles. The summed E-state index contributed by atoms with van der Waals surface area (Å²) in [6.45, 7) is 4.93. The summed E-state index contributed by atoms with van der Waals surface area (Å²) >= 11 is 0. The van der Waals surface area contributed by atoms with Crippen molar-refractivity contribution >= 4 is 40.7 Å². The number of phenolic OH excluding ortho intramolecular Hbond substituents is 1. The fraction of sp³-hybridized carbons (Fsp3) is 0.483. The maximum atomic E-state index is 14.5. The molecule has 1 fully saturated rings. The van der Waals surface area contributed by atoms with Crippen LogP contribution in [0.25, 0.3) is 5.76 Å². The third kappa shape index (κ3) is 4.28. The molecule has 15 heteroatoms. The van der Waals surface area contributed by atoms with Crippen molar-refractivity contribution in [3.8, 4) is 11.8 Å². The zero-order valence-corrected chi connectivity index (χ0v) is 25.5. The van der Waals surface area contributed by atoms with E-state index in [9.17, 15) is 39.8 Å². The van der Waals surface area contributed by atoms with Crippen LogP contribution in [0.3, 0.4) is 0 Å². The van der Waals surface area contributed by atoms with Crippen molar-refractivity contribution in [2.24, 2.45) is 22.6 Å². The number of carbonyl (C=O) groups is 4. The van der Waals surface area contributed by atoms with Crippen LogP contribution in [-0.2, 0) is 25.5 Å². The quantitative estimate of drug-likeness (QED) is 0.179. The summed E-state index contributed by atoms with van der Waals surface area (Å²) in [5.41, 5.74) is 10.1. The highest BCUT2D eigenvalue weighted by molar-refractivity contribution is 6.25. The van der Waals surface area contributed by atoms with Crippen molar-refractivity contribution in [2.45, 2.75) is 56.3 Å². The number of primary amides is 1. The lowest BCUT2D eigenvalue weighted by Gasteiger charge is -2.58. The number of aromatic hydroxyl groups is 1. The molecular weight excluding hydrogens is 574 g/mol. The second kappa shape index (κ2) is 9.94. The second-order valence-corrected chi connectivity index (χ2v) is 12.9. The number of ketones is 2. The maximum Gasteiger partial charge on any atom is 0.412 e. The molecule has 0 spiro atoms. The molecular formula is C29H37N7O8. The SMILES string of the molecule is CN(C)c1cc(NC(=O)OC(C)(C)C)c(O)c2c1C[C@@]1(N)C[C@@]3(N)[C@H](N(C)C)C(=O)C(C(N)=O)=C(O)[C@@]3(C#N)C(=O)C1=C2O. The smallest absolute Gasteiger partial charge is 0.412 e. The molecule has 2 amide bonds. The minimum Gasteiger partial charge on any atom is -0.509 e. The van der Waals surface area contributed by atoms with Gasteiger partial charge >= 0.3 is 6.09 Å². The highest BCUT2D eigenvalue weighted by Gasteiger charge is 2.74. The Kier molecular flexibility index (Phi) is 7.29. The van der Waals surface area contributed by atoms with Crippen molar-refractivity contribution in [3.63, 3.8) is 0 Å². The Labute approximate surface area is 253 Å². The number of ether oxygens (including phenoxy) is 1. The number of benzene rings is 1. The van der Waals surface area contributed by atoms with Gasteiger partial charge in [0.2, 0.25) is 0 Å². The summed E-state index contributed by atoms with van der Waals surface area (Å²) in [4.78, 5) is 55.9. The van der Waals surface area contributed by atoms with Crippen LogP contribution in [0.15, 0.2) is 23.0 Å². The van der Waals surface area contributed by atoms with Gasteiger partial charge in [-0.15, -0.1) is 0 Å². The number of amides is 2. The van der Waals surface area contributed by atoms with E-state index in [0.29, 0.717) is 5.69 Å². The number of nitrogens with two attached hydrogens (primary N) is 3. The molecule has 10 N–H and O–H groups in total. The van der Waals surface area contributed by atoms with Gasteiger partial charge < -0.3 is 42.2 Å². The molecule has 44 heavy (non-hydrogen) atoms. The Morgan fingerprint density at radius 2 is 1.73 bits per heavy atom. The Morgan fingerprint density at radius 1 is 1.14 bits per heavy atom. The zero-order chi connectivity index (χ0) is 33.5. The number of phenols is 1. The second-order valence-electron chi connectivity index (χ2n) is 12.9. The standard InChI is InChI=1S/C29H37N7O8/c1-26(2,3)44-25(43)34-13-8-14(35(4)5)12-9-27(32)10-29(33)21(36(6)7)20(39)16(24(31)42)22(40)28(29,11-30)23(41)17(27)19(38)15(12)18(13)37/h8,21,37-38,40H,9-10,32-33H2,1-7H3,(H2,31,42)(H,34,43)/t21-,27-,28+,29-/m1/s1. The van der Waals surface area contributed by atoms with Gasteiger partial charge in [0, 0.05) is 19.8 Å². The first-order valence-electron chi connectivity index (χ1n) is 13.6. The number of likely N-dealkylation sites (N-methyl/N-ethyl adjacent to an activating group) is 1. The molecule has 3 aliphatic carbocycles. The predicted molar refractivity (Wildman–Crippen MR) is 158 cm³/mol. The highest BCUT2D eigenvalue weighted by Crippen LogP contribution is 2.59. The van der Waals surface area contributed by atoms with Gasteiger partial charge in [0.15, 0.2) is 22.7 Å². The first kappa shape index (κ1) is 32.3. The Hall–Kier alpha value is -4.65. The molecule has 1 saturated carbocycles. The number of aliphatic hydroxyl groups is 2. The number of nitrogens with zero attached hydrogens (tertiary/aromatic N) is 3. The lowest BCUT2D eigenvalue weighted by molar-refractivity contribution is -0.139. The fourth-order valence-corrected chi connectivity index (χ4v) is 6.79. The van der Waals surface area contributed by atoms with Crippen LogP contribution in [-0.4, -0.2) is 94.7 Å². The van der Waals surface area contributed by atoms with Crippen LogP contribution in [0.5, 0.6) is 5.75 Å². The molecule has 1 aromatic rings. The summed E-state index contributed by atoms with van der Waals surface area (Å²) in [7, 11) is 6.20. The Morgan fingerprint density at radius 3 is 2.20 bits per heavy atom. The minimum absolute atomic E-state index is 0.167. The largest absolute Gasteiger partial charge is 0.509 e. The third-order valence-electron chi connectivity index (χ3n) is 8.34. The number of nitriles is 1. The molecule has 236 valence electrons. The van der Waals surface area contributed by atoms with E-state index in [1.54, 1.807) is 45.8 Å². The van der Waals surface area contributed by atoms with E-state index in [0.717, 1.165) is 0 Å². The van der Waals surface area contributed by atoms with Crippen molar-refractivity contribution in [2.75, 3.05) is 38.4 Å². The number of anilines is 2. The fourth-order valence-electron chi connectivity index (χ4n) is 6.79. The van der Waals surface area contributed by atoms with Gasteiger partial charge in [0.1, 0.15) is 22.7 Å². The number of carbonyl (C=O) groups excluding carboxylic acids is 4. The molecule has 3 aliphatic rings.